The normalized spacial score (nSPS) is 15.7. The molecule has 236 valence electrons. The highest BCUT2D eigenvalue weighted by atomic mass is 19.4. The molecule has 0 aliphatic heterocycles. The van der Waals surface area contributed by atoms with Crippen LogP contribution in [0.5, 0.6) is 0 Å². The standard InChI is InChI=1S/C22H32F16N/c1-5-7-9-11-13-15(23,24)17(27,28)19(31,32)21(35,36)39(3,4)22(37,38)20(33,34)18(29,30)16(25,26)14-12-10-8-6-2/h5-14H2,1-4H3/q+1. The van der Waals surface area contributed by atoms with Crippen LogP contribution in [0, 0.1) is 0 Å². The van der Waals surface area contributed by atoms with Gasteiger partial charge >= 0.3 is 47.6 Å². The average molecular weight is 614 g/mol. The smallest absolute Gasteiger partial charge is 0.200 e. The lowest BCUT2D eigenvalue weighted by Gasteiger charge is -2.49. The minimum Gasteiger partial charge on any atom is -0.200 e. The summed E-state index contributed by atoms with van der Waals surface area (Å²) in [6.45, 7) is 3.06. The summed E-state index contributed by atoms with van der Waals surface area (Å²) in [5, 5.41) is 0. The number of hydrogen-bond acceptors (Lipinski definition) is 0. The molecule has 0 aromatic heterocycles. The van der Waals surface area contributed by atoms with Crippen LogP contribution in [0.25, 0.3) is 0 Å². The van der Waals surface area contributed by atoms with Crippen molar-refractivity contribution >= 4 is 0 Å². The Morgan fingerprint density at radius 2 is 0.641 bits per heavy atom. The lowest BCUT2D eigenvalue weighted by Crippen LogP contribution is -2.81. The van der Waals surface area contributed by atoms with Gasteiger partial charge in [-0.2, -0.15) is 57.2 Å². The fourth-order valence-electron chi connectivity index (χ4n) is 3.58. The topological polar surface area (TPSA) is 0 Å². The highest BCUT2D eigenvalue weighted by Gasteiger charge is 2.93. The SMILES string of the molecule is CCCCCCC(F)(F)C(F)(F)C(F)(F)C(F)(F)[N+](C)(C)C(F)(F)C(F)(F)C(F)(F)C(F)(F)CCCCCC. The number of unbranched alkanes of at least 4 members (excludes halogenated alkanes) is 6. The van der Waals surface area contributed by atoms with Crippen molar-refractivity contribution < 1.29 is 74.7 Å². The van der Waals surface area contributed by atoms with E-state index >= 15 is 0 Å². The zero-order chi connectivity index (χ0) is 31.6. The summed E-state index contributed by atoms with van der Waals surface area (Å²) in [4.78, 5) is 0. The first-order valence-corrected chi connectivity index (χ1v) is 12.0. The van der Waals surface area contributed by atoms with Gasteiger partial charge in [-0.1, -0.05) is 52.4 Å². The number of rotatable bonds is 18. The number of halogens is 16. The minimum absolute atomic E-state index is 0.136. The molecule has 1 nitrogen and oxygen atoms in total. The monoisotopic (exact) mass is 614 g/mol. The van der Waals surface area contributed by atoms with E-state index in [2.05, 4.69) is 0 Å². The Morgan fingerprint density at radius 1 is 0.385 bits per heavy atom. The van der Waals surface area contributed by atoms with Gasteiger partial charge in [0.2, 0.25) is 0 Å². The van der Waals surface area contributed by atoms with Gasteiger partial charge in [-0.25, -0.2) is 0 Å². The second-order valence-corrected chi connectivity index (χ2v) is 9.86. The highest BCUT2D eigenvalue weighted by Crippen LogP contribution is 2.62. The van der Waals surface area contributed by atoms with Crippen molar-refractivity contribution in [3.05, 3.63) is 0 Å². The molecule has 0 aliphatic rings. The van der Waals surface area contributed by atoms with Gasteiger partial charge in [0.15, 0.2) is 0 Å². The second-order valence-electron chi connectivity index (χ2n) is 9.86. The van der Waals surface area contributed by atoms with E-state index in [-0.39, 0.29) is 25.7 Å². The molecule has 17 heteroatoms. The van der Waals surface area contributed by atoms with Crippen LogP contribution in [-0.2, 0) is 0 Å². The quantitative estimate of drug-likeness (QED) is 0.0624. The Morgan fingerprint density at radius 3 is 0.872 bits per heavy atom. The maximum absolute atomic E-state index is 14.6. The third-order valence-corrected chi connectivity index (χ3v) is 6.56. The van der Waals surface area contributed by atoms with Gasteiger partial charge in [0.1, 0.15) is 0 Å². The molecule has 0 bridgehead atoms. The molecule has 39 heavy (non-hydrogen) atoms. The van der Waals surface area contributed by atoms with Crippen LogP contribution in [0.3, 0.4) is 0 Å². The summed E-state index contributed by atoms with van der Waals surface area (Å²) in [5.41, 5.74) is 0. The van der Waals surface area contributed by atoms with Gasteiger partial charge in [0, 0.05) is 12.8 Å². The third-order valence-electron chi connectivity index (χ3n) is 6.56. The summed E-state index contributed by atoms with van der Waals surface area (Å²) in [7, 11) is -2.13. The van der Waals surface area contributed by atoms with E-state index in [9.17, 15) is 70.2 Å². The maximum Gasteiger partial charge on any atom is 0.466 e. The first-order chi connectivity index (χ1) is 17.1. The summed E-state index contributed by atoms with van der Waals surface area (Å²) in [5.74, 6) is -41.4. The fraction of sp³-hybridized carbons (Fsp3) is 1.00. The van der Waals surface area contributed by atoms with Gasteiger partial charge in [-0.15, -0.1) is 17.6 Å². The largest absolute Gasteiger partial charge is 0.466 e. The molecule has 0 N–H and O–H groups in total. The molecule has 0 atom stereocenters. The van der Waals surface area contributed by atoms with Crippen LogP contribution < -0.4 is 0 Å². The van der Waals surface area contributed by atoms with Crippen molar-refractivity contribution in [2.45, 2.75) is 126 Å². The predicted molar refractivity (Wildman–Crippen MR) is 109 cm³/mol. The highest BCUT2D eigenvalue weighted by molar-refractivity contribution is 5.04. The summed E-state index contributed by atoms with van der Waals surface area (Å²) in [6, 6.07) is -14.7. The van der Waals surface area contributed by atoms with E-state index in [0.717, 1.165) is 0 Å². The van der Waals surface area contributed by atoms with Gasteiger partial charge < -0.3 is 0 Å². The summed E-state index contributed by atoms with van der Waals surface area (Å²) < 4.78 is 223. The van der Waals surface area contributed by atoms with Crippen molar-refractivity contribution in [1.29, 1.82) is 0 Å². The molecular weight excluding hydrogens is 582 g/mol. The zero-order valence-electron chi connectivity index (χ0n) is 21.6. The molecule has 0 unspecified atom stereocenters. The van der Waals surface area contributed by atoms with E-state index in [1.807, 2.05) is 0 Å². The van der Waals surface area contributed by atoms with Crippen molar-refractivity contribution in [2.75, 3.05) is 14.1 Å². The number of hydrogen-bond donors (Lipinski definition) is 0. The molecule has 0 rings (SSSR count). The Labute approximate surface area is 215 Å². The third kappa shape index (κ3) is 6.21. The summed E-state index contributed by atoms with van der Waals surface area (Å²) >= 11 is 0. The summed E-state index contributed by atoms with van der Waals surface area (Å²) in [6.07, 6.45) is -5.67. The fourth-order valence-corrected chi connectivity index (χ4v) is 3.58. The van der Waals surface area contributed by atoms with Crippen LogP contribution in [0.15, 0.2) is 0 Å². The Kier molecular flexibility index (Phi) is 11.6. The molecular formula is C22H32F16N+. The van der Waals surface area contributed by atoms with Crippen LogP contribution in [-0.4, -0.2) is 66.2 Å². The first kappa shape index (κ1) is 37.8. The van der Waals surface area contributed by atoms with Crippen LogP contribution in [0.2, 0.25) is 0 Å². The molecule has 0 amide bonds. The van der Waals surface area contributed by atoms with E-state index in [1.54, 1.807) is 0 Å². The van der Waals surface area contributed by atoms with Crippen LogP contribution in [0.1, 0.15) is 78.1 Å². The van der Waals surface area contributed by atoms with Crippen molar-refractivity contribution in [3.8, 4) is 0 Å². The molecule has 0 radical (unpaired) electrons. The van der Waals surface area contributed by atoms with E-state index in [1.165, 1.54) is 13.8 Å². The first-order valence-electron chi connectivity index (χ1n) is 12.0. The molecule has 0 aliphatic carbocycles. The predicted octanol–water partition coefficient (Wildman–Crippen LogP) is 10.0. The molecule has 0 fully saturated rings. The molecule has 0 saturated carbocycles. The van der Waals surface area contributed by atoms with Crippen molar-refractivity contribution in [2.24, 2.45) is 0 Å². The van der Waals surface area contributed by atoms with Crippen molar-refractivity contribution in [3.63, 3.8) is 0 Å². The minimum atomic E-state index is -7.56. The molecule has 0 spiro atoms. The van der Waals surface area contributed by atoms with Crippen LogP contribution >= 0.6 is 0 Å². The second kappa shape index (κ2) is 12.0. The van der Waals surface area contributed by atoms with Crippen LogP contribution in [0.4, 0.5) is 70.2 Å². The van der Waals surface area contributed by atoms with E-state index in [0.29, 0.717) is 12.8 Å². The van der Waals surface area contributed by atoms with Gasteiger partial charge in [-0.3, -0.25) is 0 Å². The number of nitrogens with zero attached hydrogens (tertiary/aromatic N) is 1. The molecule has 0 aromatic carbocycles. The lowest BCUT2D eigenvalue weighted by molar-refractivity contribution is -1.07. The Hall–Kier alpha value is -1.16. The van der Waals surface area contributed by atoms with Gasteiger partial charge in [0.25, 0.3) is 0 Å². The maximum atomic E-state index is 14.6. The number of quaternary nitrogens is 1. The number of alkyl halides is 16. The Bertz CT molecular complexity index is 714. The molecule has 0 aromatic rings. The van der Waals surface area contributed by atoms with Crippen molar-refractivity contribution in [1.82, 2.24) is 0 Å². The van der Waals surface area contributed by atoms with E-state index < -0.39 is 91.9 Å². The zero-order valence-corrected chi connectivity index (χ0v) is 21.6. The van der Waals surface area contributed by atoms with E-state index in [4.69, 9.17) is 0 Å². The lowest BCUT2D eigenvalue weighted by atomic mass is 9.93. The Balaban J connectivity index is 6.55. The van der Waals surface area contributed by atoms with Gasteiger partial charge in [0.05, 0.1) is 14.1 Å². The average Bonchev–Trinajstić information content (AvgIpc) is 2.78. The molecule has 0 saturated heterocycles. The molecule has 0 heterocycles. The van der Waals surface area contributed by atoms with Gasteiger partial charge in [-0.05, 0) is 12.8 Å².